The summed E-state index contributed by atoms with van der Waals surface area (Å²) >= 11 is 0. The van der Waals surface area contributed by atoms with Crippen molar-refractivity contribution in [1.82, 2.24) is 15.1 Å². The third kappa shape index (κ3) is 5.63. The minimum atomic E-state index is -0.876. The molecular formula is C22H29N3O2. The predicted octanol–water partition coefficient (Wildman–Crippen LogP) is 2.85. The number of carboxylic acids is 1. The third-order valence-corrected chi connectivity index (χ3v) is 5.18. The lowest BCUT2D eigenvalue weighted by Gasteiger charge is -2.40. The van der Waals surface area contributed by atoms with Crippen molar-refractivity contribution in [2.24, 2.45) is 0 Å². The molecule has 1 fully saturated rings. The van der Waals surface area contributed by atoms with Crippen LogP contribution in [-0.4, -0.2) is 60.6 Å². The Morgan fingerprint density at radius 1 is 1.15 bits per heavy atom. The number of hydrogen-bond acceptors (Lipinski definition) is 4. The molecule has 1 atom stereocenters. The molecule has 144 valence electrons. The number of piperazine rings is 1. The zero-order valence-corrected chi connectivity index (χ0v) is 16.0. The average molecular weight is 367 g/mol. The van der Waals surface area contributed by atoms with Gasteiger partial charge in [0.25, 0.3) is 0 Å². The Morgan fingerprint density at radius 2 is 1.96 bits per heavy atom. The van der Waals surface area contributed by atoms with E-state index in [2.05, 4.69) is 52.5 Å². The molecule has 1 unspecified atom stereocenters. The molecule has 1 heterocycles. The van der Waals surface area contributed by atoms with Crippen molar-refractivity contribution in [3.05, 3.63) is 71.3 Å². The lowest BCUT2D eigenvalue weighted by Crippen LogP contribution is -2.47. The van der Waals surface area contributed by atoms with Gasteiger partial charge < -0.3 is 15.3 Å². The smallest absolute Gasteiger partial charge is 0.335 e. The zero-order valence-electron chi connectivity index (χ0n) is 16.0. The Morgan fingerprint density at radius 3 is 2.74 bits per heavy atom. The maximum absolute atomic E-state index is 11.0. The van der Waals surface area contributed by atoms with Crippen LogP contribution in [0, 0.1) is 0 Å². The largest absolute Gasteiger partial charge is 0.478 e. The maximum atomic E-state index is 11.0. The van der Waals surface area contributed by atoms with Crippen molar-refractivity contribution in [2.45, 2.75) is 19.0 Å². The number of nitrogens with one attached hydrogen (secondary N) is 1. The number of nitrogens with zero attached hydrogens (tertiary/aromatic N) is 2. The van der Waals surface area contributed by atoms with Crippen LogP contribution in [0.15, 0.2) is 54.6 Å². The van der Waals surface area contributed by atoms with E-state index in [1.807, 2.05) is 6.07 Å². The van der Waals surface area contributed by atoms with Crippen LogP contribution in [0.1, 0.15) is 33.9 Å². The second kappa shape index (κ2) is 9.65. The summed E-state index contributed by atoms with van der Waals surface area (Å²) in [5.74, 6) is -0.876. The molecular weight excluding hydrogens is 338 g/mol. The Labute approximate surface area is 161 Å². The summed E-state index contributed by atoms with van der Waals surface area (Å²) in [4.78, 5) is 16.0. The zero-order chi connectivity index (χ0) is 19.1. The fourth-order valence-electron chi connectivity index (χ4n) is 3.67. The first-order valence-corrected chi connectivity index (χ1v) is 9.64. The van der Waals surface area contributed by atoms with Crippen molar-refractivity contribution in [3.63, 3.8) is 0 Å². The number of aromatic carboxylic acids is 1. The standard InChI is InChI=1S/C22H29N3O2/c1-24-13-14-25(21(17-24)19-8-3-2-4-9-19)12-6-11-23-16-18-7-5-10-20(15-18)22(26)27/h2-5,7-10,15,21,23H,6,11-14,16-17H2,1H3,(H,26,27). The highest BCUT2D eigenvalue weighted by atomic mass is 16.4. The van der Waals surface area contributed by atoms with E-state index in [4.69, 9.17) is 5.11 Å². The molecule has 2 N–H and O–H groups in total. The predicted molar refractivity (Wildman–Crippen MR) is 108 cm³/mol. The minimum Gasteiger partial charge on any atom is -0.478 e. The van der Waals surface area contributed by atoms with Gasteiger partial charge in [-0.2, -0.15) is 0 Å². The molecule has 5 nitrogen and oxygen atoms in total. The molecule has 0 aliphatic carbocycles. The number of benzene rings is 2. The van der Waals surface area contributed by atoms with Crippen molar-refractivity contribution in [1.29, 1.82) is 0 Å². The number of carbonyl (C=O) groups is 1. The maximum Gasteiger partial charge on any atom is 0.335 e. The van der Waals surface area contributed by atoms with Crippen molar-refractivity contribution in [3.8, 4) is 0 Å². The molecule has 2 aromatic rings. The molecule has 1 aliphatic rings. The number of likely N-dealkylation sites (N-methyl/N-ethyl adjacent to an activating group) is 1. The van der Waals surface area contributed by atoms with Gasteiger partial charge in [-0.3, -0.25) is 4.90 Å². The van der Waals surface area contributed by atoms with Crippen LogP contribution in [0.5, 0.6) is 0 Å². The van der Waals surface area contributed by atoms with Crippen molar-refractivity contribution < 1.29 is 9.90 Å². The van der Waals surface area contributed by atoms with E-state index < -0.39 is 5.97 Å². The van der Waals surface area contributed by atoms with Gasteiger partial charge in [0.2, 0.25) is 0 Å². The molecule has 1 saturated heterocycles. The van der Waals surface area contributed by atoms with Gasteiger partial charge in [0.05, 0.1) is 5.56 Å². The van der Waals surface area contributed by atoms with E-state index in [-0.39, 0.29) is 0 Å². The summed E-state index contributed by atoms with van der Waals surface area (Å²) in [6, 6.07) is 18.4. The van der Waals surface area contributed by atoms with E-state index in [9.17, 15) is 4.79 Å². The number of rotatable bonds is 8. The third-order valence-electron chi connectivity index (χ3n) is 5.18. The molecule has 27 heavy (non-hydrogen) atoms. The van der Waals surface area contributed by atoms with Gasteiger partial charge in [0, 0.05) is 38.8 Å². The van der Waals surface area contributed by atoms with Crippen LogP contribution in [-0.2, 0) is 6.54 Å². The molecule has 3 rings (SSSR count). The molecule has 5 heteroatoms. The van der Waals surface area contributed by atoms with E-state index in [0.29, 0.717) is 18.2 Å². The first-order chi connectivity index (χ1) is 13.1. The van der Waals surface area contributed by atoms with Gasteiger partial charge in [-0.1, -0.05) is 42.5 Å². The fraction of sp³-hybridized carbons (Fsp3) is 0.409. The minimum absolute atomic E-state index is 0.345. The summed E-state index contributed by atoms with van der Waals surface area (Å²) < 4.78 is 0. The van der Waals surface area contributed by atoms with E-state index in [1.54, 1.807) is 18.2 Å². The first-order valence-electron chi connectivity index (χ1n) is 9.64. The summed E-state index contributed by atoms with van der Waals surface area (Å²) in [5, 5.41) is 12.5. The molecule has 2 aromatic carbocycles. The average Bonchev–Trinajstić information content (AvgIpc) is 2.69. The lowest BCUT2D eigenvalue weighted by atomic mass is 10.0. The molecule has 0 saturated carbocycles. The Kier molecular flexibility index (Phi) is 6.98. The van der Waals surface area contributed by atoms with Crippen LogP contribution in [0.3, 0.4) is 0 Å². The highest BCUT2D eigenvalue weighted by Gasteiger charge is 2.25. The van der Waals surface area contributed by atoms with Gasteiger partial charge in [0.1, 0.15) is 0 Å². The van der Waals surface area contributed by atoms with Crippen LogP contribution in [0.4, 0.5) is 0 Å². The second-order valence-electron chi connectivity index (χ2n) is 7.26. The monoisotopic (exact) mass is 367 g/mol. The SMILES string of the molecule is CN1CCN(CCCNCc2cccc(C(=O)O)c2)C(c2ccccc2)C1. The molecule has 1 aliphatic heterocycles. The Balaban J connectivity index is 1.46. The van der Waals surface area contributed by atoms with Gasteiger partial charge in [-0.25, -0.2) is 4.79 Å². The Bertz CT molecular complexity index is 735. The first kappa shape index (κ1) is 19.5. The van der Waals surface area contributed by atoms with Crippen LogP contribution in [0.2, 0.25) is 0 Å². The van der Waals surface area contributed by atoms with Gasteiger partial charge in [0.15, 0.2) is 0 Å². The fourth-order valence-corrected chi connectivity index (χ4v) is 3.67. The summed E-state index contributed by atoms with van der Waals surface area (Å²) in [5.41, 5.74) is 2.75. The highest BCUT2D eigenvalue weighted by molar-refractivity contribution is 5.87. The summed E-state index contributed by atoms with van der Waals surface area (Å²) in [6.07, 6.45) is 1.08. The molecule has 0 bridgehead atoms. The topological polar surface area (TPSA) is 55.8 Å². The lowest BCUT2D eigenvalue weighted by molar-refractivity contribution is 0.0696. The Hall–Kier alpha value is -2.21. The van der Waals surface area contributed by atoms with Gasteiger partial charge in [-0.05, 0) is 43.3 Å². The van der Waals surface area contributed by atoms with E-state index in [0.717, 1.165) is 44.7 Å². The second-order valence-corrected chi connectivity index (χ2v) is 7.26. The van der Waals surface area contributed by atoms with Gasteiger partial charge in [-0.15, -0.1) is 0 Å². The molecule has 0 amide bonds. The van der Waals surface area contributed by atoms with E-state index >= 15 is 0 Å². The van der Waals surface area contributed by atoms with Crippen molar-refractivity contribution >= 4 is 5.97 Å². The molecule has 0 spiro atoms. The number of hydrogen-bond donors (Lipinski definition) is 2. The molecule has 0 aromatic heterocycles. The van der Waals surface area contributed by atoms with Crippen LogP contribution in [0.25, 0.3) is 0 Å². The van der Waals surface area contributed by atoms with Gasteiger partial charge >= 0.3 is 5.97 Å². The molecule has 0 radical (unpaired) electrons. The van der Waals surface area contributed by atoms with Crippen LogP contribution >= 0.6 is 0 Å². The highest BCUT2D eigenvalue weighted by Crippen LogP contribution is 2.24. The van der Waals surface area contributed by atoms with Crippen molar-refractivity contribution in [2.75, 3.05) is 39.8 Å². The number of carboxylic acid groups (broad SMARTS) is 1. The van der Waals surface area contributed by atoms with Crippen LogP contribution < -0.4 is 5.32 Å². The normalized spacial score (nSPS) is 18.5. The summed E-state index contributed by atoms with van der Waals surface area (Å²) in [7, 11) is 2.19. The van der Waals surface area contributed by atoms with E-state index in [1.165, 1.54) is 5.56 Å². The quantitative estimate of drug-likeness (QED) is 0.703. The summed E-state index contributed by atoms with van der Waals surface area (Å²) in [6.45, 7) is 5.96.